The smallest absolute Gasteiger partial charge is 0.274 e. The molecule has 0 saturated carbocycles. The summed E-state index contributed by atoms with van der Waals surface area (Å²) in [4.78, 5) is 16.2. The first-order valence-corrected chi connectivity index (χ1v) is 4.43. The van der Waals surface area contributed by atoms with Crippen LogP contribution in [0, 0.1) is 6.92 Å². The SMILES string of the molecule is Cc1ccc(C(=O)NOCCN)cc1. The van der Waals surface area contributed by atoms with Gasteiger partial charge in [-0.1, -0.05) is 17.7 Å². The van der Waals surface area contributed by atoms with Crippen LogP contribution in [0.1, 0.15) is 15.9 Å². The van der Waals surface area contributed by atoms with Gasteiger partial charge < -0.3 is 5.73 Å². The van der Waals surface area contributed by atoms with Crippen molar-refractivity contribution in [1.82, 2.24) is 5.48 Å². The lowest BCUT2D eigenvalue weighted by atomic mass is 10.1. The fourth-order valence-corrected chi connectivity index (χ4v) is 0.939. The number of hydroxylamine groups is 1. The van der Waals surface area contributed by atoms with Gasteiger partial charge in [0.1, 0.15) is 0 Å². The predicted molar refractivity (Wildman–Crippen MR) is 53.7 cm³/mol. The minimum absolute atomic E-state index is 0.251. The van der Waals surface area contributed by atoms with Crippen LogP contribution in [0.2, 0.25) is 0 Å². The van der Waals surface area contributed by atoms with Crippen molar-refractivity contribution in [3.63, 3.8) is 0 Å². The molecule has 1 amide bonds. The van der Waals surface area contributed by atoms with Gasteiger partial charge in [-0.25, -0.2) is 5.48 Å². The molecule has 1 aromatic carbocycles. The van der Waals surface area contributed by atoms with E-state index in [1.807, 2.05) is 19.1 Å². The van der Waals surface area contributed by atoms with Crippen LogP contribution >= 0.6 is 0 Å². The average Bonchev–Trinajstić information content (AvgIpc) is 2.19. The Morgan fingerprint density at radius 2 is 2.07 bits per heavy atom. The number of benzene rings is 1. The summed E-state index contributed by atoms with van der Waals surface area (Å²) in [6.07, 6.45) is 0. The van der Waals surface area contributed by atoms with Gasteiger partial charge in [0.2, 0.25) is 0 Å². The Hall–Kier alpha value is -1.39. The summed E-state index contributed by atoms with van der Waals surface area (Å²) in [6, 6.07) is 7.24. The molecule has 0 aromatic heterocycles. The maximum Gasteiger partial charge on any atom is 0.274 e. The molecule has 0 heterocycles. The van der Waals surface area contributed by atoms with E-state index >= 15 is 0 Å². The van der Waals surface area contributed by atoms with Crippen molar-refractivity contribution in [3.05, 3.63) is 35.4 Å². The van der Waals surface area contributed by atoms with Crippen LogP contribution in [-0.2, 0) is 4.84 Å². The monoisotopic (exact) mass is 194 g/mol. The number of nitrogens with two attached hydrogens (primary N) is 1. The summed E-state index contributed by atoms with van der Waals surface area (Å²) in [5.41, 5.74) is 9.19. The van der Waals surface area contributed by atoms with Crippen LogP contribution in [0.15, 0.2) is 24.3 Å². The quantitative estimate of drug-likeness (QED) is 0.545. The molecule has 3 N–H and O–H groups in total. The molecule has 0 unspecified atom stereocenters. The predicted octanol–water partition coefficient (Wildman–Crippen LogP) is 0.615. The highest BCUT2D eigenvalue weighted by Gasteiger charge is 2.03. The average molecular weight is 194 g/mol. The molecule has 0 bridgehead atoms. The molecule has 76 valence electrons. The number of rotatable bonds is 4. The third-order valence-electron chi connectivity index (χ3n) is 1.70. The van der Waals surface area contributed by atoms with Crippen molar-refractivity contribution < 1.29 is 9.63 Å². The molecule has 0 aliphatic carbocycles. The molecule has 0 saturated heterocycles. The topological polar surface area (TPSA) is 64.3 Å². The molecule has 0 spiro atoms. The molecule has 0 fully saturated rings. The zero-order chi connectivity index (χ0) is 10.4. The summed E-state index contributed by atoms with van der Waals surface area (Å²) >= 11 is 0. The lowest BCUT2D eigenvalue weighted by Crippen LogP contribution is -2.26. The summed E-state index contributed by atoms with van der Waals surface area (Å²) < 4.78 is 0. The van der Waals surface area contributed by atoms with Gasteiger partial charge in [0.05, 0.1) is 6.61 Å². The minimum atomic E-state index is -0.251. The highest BCUT2D eigenvalue weighted by atomic mass is 16.6. The maximum atomic E-state index is 11.4. The van der Waals surface area contributed by atoms with Crippen LogP contribution in [0.5, 0.6) is 0 Å². The van der Waals surface area contributed by atoms with Crippen molar-refractivity contribution in [2.75, 3.05) is 13.2 Å². The van der Waals surface area contributed by atoms with E-state index in [-0.39, 0.29) is 5.91 Å². The standard InChI is InChI=1S/C10H14N2O2/c1-8-2-4-9(5-3-8)10(13)12-14-7-6-11/h2-5H,6-7,11H2,1H3,(H,12,13). The number of carbonyl (C=O) groups is 1. The van der Waals surface area contributed by atoms with Gasteiger partial charge in [-0.05, 0) is 19.1 Å². The Balaban J connectivity index is 2.48. The van der Waals surface area contributed by atoms with Crippen molar-refractivity contribution in [2.45, 2.75) is 6.92 Å². The van der Waals surface area contributed by atoms with E-state index in [1.165, 1.54) is 0 Å². The van der Waals surface area contributed by atoms with Crippen LogP contribution < -0.4 is 11.2 Å². The summed E-state index contributed by atoms with van der Waals surface area (Å²) in [6.45, 7) is 2.67. The first kappa shape index (κ1) is 10.7. The van der Waals surface area contributed by atoms with Crippen molar-refractivity contribution in [2.24, 2.45) is 5.73 Å². The number of hydrogen-bond donors (Lipinski definition) is 2. The van der Waals surface area contributed by atoms with Crippen molar-refractivity contribution in [3.8, 4) is 0 Å². The largest absolute Gasteiger partial charge is 0.328 e. The molecule has 1 rings (SSSR count). The van der Waals surface area contributed by atoms with E-state index in [1.54, 1.807) is 12.1 Å². The molecule has 0 atom stereocenters. The lowest BCUT2D eigenvalue weighted by Gasteiger charge is -2.04. The number of amides is 1. The molecule has 0 radical (unpaired) electrons. The Labute approximate surface area is 83.0 Å². The van der Waals surface area contributed by atoms with Crippen molar-refractivity contribution in [1.29, 1.82) is 0 Å². The molecular weight excluding hydrogens is 180 g/mol. The zero-order valence-corrected chi connectivity index (χ0v) is 8.12. The van der Waals surface area contributed by atoms with Crippen LogP contribution in [-0.4, -0.2) is 19.1 Å². The van der Waals surface area contributed by atoms with Crippen LogP contribution in [0.3, 0.4) is 0 Å². The van der Waals surface area contributed by atoms with E-state index in [2.05, 4.69) is 5.48 Å². The summed E-state index contributed by atoms with van der Waals surface area (Å²) in [5.74, 6) is -0.251. The first-order chi connectivity index (χ1) is 6.74. The second-order valence-electron chi connectivity index (χ2n) is 2.93. The lowest BCUT2D eigenvalue weighted by molar-refractivity contribution is 0.0343. The molecule has 4 nitrogen and oxygen atoms in total. The third kappa shape index (κ3) is 3.16. The molecule has 0 aliphatic heterocycles. The normalized spacial score (nSPS) is 9.86. The van der Waals surface area contributed by atoms with E-state index in [4.69, 9.17) is 10.6 Å². The van der Waals surface area contributed by atoms with Crippen molar-refractivity contribution >= 4 is 5.91 Å². The van der Waals surface area contributed by atoms with E-state index in [0.717, 1.165) is 5.56 Å². The number of aryl methyl sites for hydroxylation is 1. The fourth-order valence-electron chi connectivity index (χ4n) is 0.939. The Morgan fingerprint density at radius 3 is 2.64 bits per heavy atom. The molecular formula is C10H14N2O2. The Kier molecular flexibility index (Phi) is 4.10. The van der Waals surface area contributed by atoms with E-state index < -0.39 is 0 Å². The van der Waals surface area contributed by atoms with Gasteiger partial charge in [-0.2, -0.15) is 0 Å². The minimum Gasteiger partial charge on any atom is -0.328 e. The molecule has 4 heteroatoms. The van der Waals surface area contributed by atoms with Crippen LogP contribution in [0.4, 0.5) is 0 Å². The van der Waals surface area contributed by atoms with Gasteiger partial charge in [-0.3, -0.25) is 9.63 Å². The fraction of sp³-hybridized carbons (Fsp3) is 0.300. The maximum absolute atomic E-state index is 11.4. The second-order valence-corrected chi connectivity index (χ2v) is 2.93. The molecule has 0 aliphatic rings. The van der Waals surface area contributed by atoms with Gasteiger partial charge in [-0.15, -0.1) is 0 Å². The van der Waals surface area contributed by atoms with E-state index in [0.29, 0.717) is 18.7 Å². The number of nitrogens with one attached hydrogen (secondary N) is 1. The highest BCUT2D eigenvalue weighted by Crippen LogP contribution is 2.02. The Bertz CT molecular complexity index is 295. The third-order valence-corrected chi connectivity index (χ3v) is 1.70. The number of carbonyl (C=O) groups excluding carboxylic acids is 1. The zero-order valence-electron chi connectivity index (χ0n) is 8.12. The second kappa shape index (κ2) is 5.36. The van der Waals surface area contributed by atoms with Gasteiger partial charge in [0.15, 0.2) is 0 Å². The molecule has 14 heavy (non-hydrogen) atoms. The van der Waals surface area contributed by atoms with Gasteiger partial charge in [0.25, 0.3) is 5.91 Å². The number of hydrogen-bond acceptors (Lipinski definition) is 3. The molecule has 1 aromatic rings. The van der Waals surface area contributed by atoms with Gasteiger partial charge >= 0.3 is 0 Å². The Morgan fingerprint density at radius 1 is 1.43 bits per heavy atom. The highest BCUT2D eigenvalue weighted by molar-refractivity contribution is 5.93. The first-order valence-electron chi connectivity index (χ1n) is 4.43. The summed E-state index contributed by atoms with van der Waals surface area (Å²) in [7, 11) is 0. The van der Waals surface area contributed by atoms with Gasteiger partial charge in [0, 0.05) is 12.1 Å². The summed E-state index contributed by atoms with van der Waals surface area (Å²) in [5, 5.41) is 0. The van der Waals surface area contributed by atoms with E-state index in [9.17, 15) is 4.79 Å². The van der Waals surface area contributed by atoms with Crippen LogP contribution in [0.25, 0.3) is 0 Å².